The van der Waals surface area contributed by atoms with Crippen molar-refractivity contribution in [3.05, 3.63) is 52.6 Å². The Morgan fingerprint density at radius 3 is 2.84 bits per heavy atom. The summed E-state index contributed by atoms with van der Waals surface area (Å²) in [6, 6.07) is 4.12. The predicted molar refractivity (Wildman–Crippen MR) is 69.8 cm³/mol. The second-order valence-electron chi connectivity index (χ2n) is 3.44. The third-order valence-corrected chi connectivity index (χ3v) is 2.16. The van der Waals surface area contributed by atoms with Gasteiger partial charge in [0.1, 0.15) is 12.4 Å². The molecule has 0 fully saturated rings. The molecular weight excluding hydrogens is 250 g/mol. The lowest BCUT2D eigenvalue weighted by molar-refractivity contribution is -0.384. The molecule has 0 N–H and O–H groups in total. The molecule has 0 saturated heterocycles. The van der Waals surface area contributed by atoms with Gasteiger partial charge >= 0.3 is 5.97 Å². The molecule has 0 amide bonds. The van der Waals surface area contributed by atoms with Crippen LogP contribution in [0.25, 0.3) is 6.08 Å². The van der Waals surface area contributed by atoms with Gasteiger partial charge in [0.2, 0.25) is 0 Å². The summed E-state index contributed by atoms with van der Waals surface area (Å²) in [5.41, 5.74) is 0.330. The van der Waals surface area contributed by atoms with E-state index < -0.39 is 10.9 Å². The minimum atomic E-state index is -0.554. The van der Waals surface area contributed by atoms with Crippen LogP contribution in [0.2, 0.25) is 0 Å². The summed E-state index contributed by atoms with van der Waals surface area (Å²) in [7, 11) is 1.25. The van der Waals surface area contributed by atoms with Crippen molar-refractivity contribution in [2.45, 2.75) is 0 Å². The molecule has 0 unspecified atom stereocenters. The van der Waals surface area contributed by atoms with Gasteiger partial charge in [-0.15, -0.1) is 0 Å². The van der Waals surface area contributed by atoms with Crippen LogP contribution in [-0.4, -0.2) is 24.6 Å². The summed E-state index contributed by atoms with van der Waals surface area (Å²) < 4.78 is 9.80. The van der Waals surface area contributed by atoms with Gasteiger partial charge in [-0.05, 0) is 12.1 Å². The molecule has 19 heavy (non-hydrogen) atoms. The van der Waals surface area contributed by atoms with Crippen LogP contribution in [-0.2, 0) is 9.53 Å². The highest BCUT2D eigenvalue weighted by Crippen LogP contribution is 2.25. The van der Waals surface area contributed by atoms with E-state index in [1.165, 1.54) is 37.5 Å². The van der Waals surface area contributed by atoms with Gasteiger partial charge in [-0.25, -0.2) is 4.79 Å². The summed E-state index contributed by atoms with van der Waals surface area (Å²) in [5, 5.41) is 10.7. The Bertz CT molecular complexity index is 522. The maximum Gasteiger partial charge on any atom is 0.330 e. The zero-order valence-corrected chi connectivity index (χ0v) is 10.4. The molecule has 0 aliphatic heterocycles. The van der Waals surface area contributed by atoms with Crippen LogP contribution in [0.1, 0.15) is 5.56 Å². The van der Waals surface area contributed by atoms with Crippen LogP contribution in [0.5, 0.6) is 5.75 Å². The van der Waals surface area contributed by atoms with Crippen molar-refractivity contribution in [1.82, 2.24) is 0 Å². The van der Waals surface area contributed by atoms with E-state index in [-0.39, 0.29) is 12.3 Å². The van der Waals surface area contributed by atoms with Crippen LogP contribution >= 0.6 is 0 Å². The van der Waals surface area contributed by atoms with E-state index >= 15 is 0 Å². The Kier molecular flexibility index (Phi) is 5.28. The predicted octanol–water partition coefficient (Wildman–Crippen LogP) is 2.35. The first kappa shape index (κ1) is 14.4. The fourth-order valence-electron chi connectivity index (χ4n) is 1.29. The number of esters is 1. The summed E-state index contributed by atoms with van der Waals surface area (Å²) in [5.74, 6) is -0.133. The third-order valence-electron chi connectivity index (χ3n) is 2.16. The SMILES string of the molecule is C=CCOc1ccc([N+](=O)[O-])cc1/C=C/C(=O)OC. The lowest BCUT2D eigenvalue weighted by Crippen LogP contribution is -1.98. The average molecular weight is 263 g/mol. The molecule has 0 bridgehead atoms. The number of hydrogen-bond acceptors (Lipinski definition) is 5. The zero-order chi connectivity index (χ0) is 14.3. The first-order valence-electron chi connectivity index (χ1n) is 5.36. The summed E-state index contributed by atoms with van der Waals surface area (Å²) in [6.45, 7) is 3.77. The van der Waals surface area contributed by atoms with Crippen LogP contribution in [0.4, 0.5) is 5.69 Å². The number of nitro benzene ring substituents is 1. The van der Waals surface area contributed by atoms with Crippen LogP contribution < -0.4 is 4.74 Å². The summed E-state index contributed by atoms with van der Waals surface area (Å²) >= 11 is 0. The molecule has 0 aliphatic carbocycles. The molecule has 0 heterocycles. The minimum absolute atomic E-state index is 0.0875. The van der Waals surface area contributed by atoms with Crippen LogP contribution in [0, 0.1) is 10.1 Å². The highest BCUT2D eigenvalue weighted by Gasteiger charge is 2.10. The number of non-ortho nitro benzene ring substituents is 1. The molecule has 1 rings (SSSR count). The molecule has 0 radical (unpaired) electrons. The van der Waals surface area contributed by atoms with Crippen molar-refractivity contribution in [1.29, 1.82) is 0 Å². The van der Waals surface area contributed by atoms with E-state index in [1.807, 2.05) is 0 Å². The van der Waals surface area contributed by atoms with E-state index in [0.717, 1.165) is 0 Å². The van der Waals surface area contributed by atoms with Gasteiger partial charge in [0, 0.05) is 23.8 Å². The number of benzene rings is 1. The number of nitro groups is 1. The van der Waals surface area contributed by atoms with Crippen LogP contribution in [0.15, 0.2) is 36.9 Å². The Morgan fingerprint density at radius 2 is 2.26 bits per heavy atom. The topological polar surface area (TPSA) is 78.7 Å². The molecule has 6 nitrogen and oxygen atoms in total. The Labute approximate surface area is 110 Å². The summed E-state index contributed by atoms with van der Waals surface area (Å²) in [6.07, 6.45) is 4.12. The molecule has 100 valence electrons. The van der Waals surface area contributed by atoms with Gasteiger partial charge in [0.05, 0.1) is 12.0 Å². The van der Waals surface area contributed by atoms with Crippen molar-refractivity contribution >= 4 is 17.7 Å². The zero-order valence-electron chi connectivity index (χ0n) is 10.4. The second kappa shape index (κ2) is 6.95. The lowest BCUT2D eigenvalue weighted by Gasteiger charge is -2.06. The number of carbonyl (C=O) groups is 1. The Hall–Kier alpha value is -2.63. The maximum absolute atomic E-state index is 11.0. The maximum atomic E-state index is 11.0. The number of carbonyl (C=O) groups excluding carboxylic acids is 1. The van der Waals surface area contributed by atoms with Gasteiger partial charge in [-0.3, -0.25) is 10.1 Å². The molecular formula is C13H13NO5. The van der Waals surface area contributed by atoms with Gasteiger partial charge in [0.15, 0.2) is 0 Å². The number of nitrogens with zero attached hydrogens (tertiary/aromatic N) is 1. The van der Waals surface area contributed by atoms with Crippen molar-refractivity contribution in [3.63, 3.8) is 0 Å². The smallest absolute Gasteiger partial charge is 0.330 e. The van der Waals surface area contributed by atoms with Gasteiger partial charge in [0.25, 0.3) is 5.69 Å². The van der Waals surface area contributed by atoms with Crippen molar-refractivity contribution in [2.24, 2.45) is 0 Å². The van der Waals surface area contributed by atoms with E-state index in [9.17, 15) is 14.9 Å². The highest BCUT2D eigenvalue weighted by atomic mass is 16.6. The van der Waals surface area contributed by atoms with Crippen molar-refractivity contribution in [3.8, 4) is 5.75 Å². The molecule has 1 aromatic carbocycles. The monoisotopic (exact) mass is 263 g/mol. The van der Waals surface area contributed by atoms with Crippen molar-refractivity contribution in [2.75, 3.05) is 13.7 Å². The lowest BCUT2D eigenvalue weighted by atomic mass is 10.1. The van der Waals surface area contributed by atoms with Gasteiger partial charge in [-0.1, -0.05) is 12.7 Å². The molecule has 0 saturated carbocycles. The number of ether oxygens (including phenoxy) is 2. The average Bonchev–Trinajstić information content (AvgIpc) is 2.42. The van der Waals surface area contributed by atoms with E-state index in [2.05, 4.69) is 11.3 Å². The first-order chi connectivity index (χ1) is 9.08. The van der Waals surface area contributed by atoms with E-state index in [0.29, 0.717) is 11.3 Å². The van der Waals surface area contributed by atoms with Gasteiger partial charge in [-0.2, -0.15) is 0 Å². The fraction of sp³-hybridized carbons (Fsp3) is 0.154. The number of rotatable bonds is 6. The molecule has 6 heteroatoms. The second-order valence-corrected chi connectivity index (χ2v) is 3.44. The first-order valence-corrected chi connectivity index (χ1v) is 5.36. The quantitative estimate of drug-likeness (QED) is 0.259. The Balaban J connectivity index is 3.09. The number of methoxy groups -OCH3 is 1. The largest absolute Gasteiger partial charge is 0.489 e. The molecule has 0 spiro atoms. The van der Waals surface area contributed by atoms with Gasteiger partial charge < -0.3 is 9.47 Å². The molecule has 0 atom stereocenters. The van der Waals surface area contributed by atoms with E-state index in [1.54, 1.807) is 6.08 Å². The van der Waals surface area contributed by atoms with E-state index in [4.69, 9.17) is 4.74 Å². The minimum Gasteiger partial charge on any atom is -0.489 e. The Morgan fingerprint density at radius 1 is 1.53 bits per heavy atom. The molecule has 0 aromatic heterocycles. The summed E-state index contributed by atoms with van der Waals surface area (Å²) in [4.78, 5) is 21.2. The normalized spacial score (nSPS) is 10.2. The highest BCUT2D eigenvalue weighted by molar-refractivity contribution is 5.87. The molecule has 1 aromatic rings. The fourth-order valence-corrected chi connectivity index (χ4v) is 1.29. The van der Waals surface area contributed by atoms with Crippen molar-refractivity contribution < 1.29 is 19.2 Å². The third kappa shape index (κ3) is 4.27. The number of hydrogen-bond donors (Lipinski definition) is 0. The van der Waals surface area contributed by atoms with Crippen LogP contribution in [0.3, 0.4) is 0 Å². The molecule has 0 aliphatic rings. The standard InChI is InChI=1S/C13H13NO5/c1-3-8-19-12-6-5-11(14(16)17)9-10(12)4-7-13(15)18-2/h3-7,9H,1,8H2,2H3/b7-4+.